The van der Waals surface area contributed by atoms with Crippen LogP contribution >= 0.6 is 23.2 Å². The van der Waals surface area contributed by atoms with Crippen LogP contribution in [0.4, 0.5) is 0 Å². The van der Waals surface area contributed by atoms with Crippen LogP contribution in [0.3, 0.4) is 0 Å². The molecule has 1 unspecified atom stereocenters. The Kier molecular flexibility index (Phi) is 7.98. The minimum atomic E-state index is -0.346. The lowest BCUT2D eigenvalue weighted by atomic mass is 9.99. The van der Waals surface area contributed by atoms with Crippen molar-refractivity contribution in [2.45, 2.75) is 18.9 Å². The van der Waals surface area contributed by atoms with E-state index in [1.807, 2.05) is 17.2 Å². The number of carbonyl (C=O) groups excluding carboxylic acids is 2. The highest BCUT2D eigenvalue weighted by molar-refractivity contribution is 6.42. The van der Waals surface area contributed by atoms with Gasteiger partial charge in [-0.3, -0.25) is 24.5 Å². The first kappa shape index (κ1) is 24.4. The van der Waals surface area contributed by atoms with Crippen molar-refractivity contribution in [1.82, 2.24) is 20.1 Å². The molecule has 2 aliphatic rings. The van der Waals surface area contributed by atoms with Gasteiger partial charge >= 0.3 is 0 Å². The second-order valence-electron chi connectivity index (χ2n) is 8.43. The van der Waals surface area contributed by atoms with Gasteiger partial charge in [0.25, 0.3) is 5.91 Å². The summed E-state index contributed by atoms with van der Waals surface area (Å²) in [5, 5.41) is 3.37. The first-order valence-corrected chi connectivity index (χ1v) is 12.0. The first-order chi connectivity index (χ1) is 16.4. The van der Waals surface area contributed by atoms with Crippen LogP contribution in [0.15, 0.2) is 47.6 Å². The average Bonchev–Trinajstić information content (AvgIpc) is 3.35. The number of likely N-dealkylation sites (tertiary alicyclic amines) is 1. The molecule has 3 heterocycles. The van der Waals surface area contributed by atoms with Gasteiger partial charge in [-0.05, 0) is 48.2 Å². The Hall–Kier alpha value is -2.74. The predicted molar refractivity (Wildman–Crippen MR) is 136 cm³/mol. The third kappa shape index (κ3) is 5.84. The van der Waals surface area contributed by atoms with E-state index in [1.165, 1.54) is 11.6 Å². The minimum absolute atomic E-state index is 0.0401. The Morgan fingerprint density at radius 2 is 2.06 bits per heavy atom. The van der Waals surface area contributed by atoms with Gasteiger partial charge in [0.2, 0.25) is 5.91 Å². The molecular formula is C25H27Cl2N5O2. The number of nitrogens with zero attached hydrogens (tertiary/aromatic N) is 4. The molecule has 2 aromatic rings. The normalized spacial score (nSPS) is 18.9. The Bertz CT molecular complexity index is 1120. The zero-order valence-electron chi connectivity index (χ0n) is 19.0. The molecule has 1 saturated heterocycles. The number of aliphatic imine (C=N–C) groups is 1. The van der Waals surface area contributed by atoms with Crippen molar-refractivity contribution >= 4 is 46.8 Å². The molecule has 4 rings (SSSR count). The molecule has 0 saturated carbocycles. The van der Waals surface area contributed by atoms with Crippen molar-refractivity contribution in [3.8, 4) is 0 Å². The molecule has 0 spiro atoms. The molecule has 7 nitrogen and oxygen atoms in total. The third-order valence-electron chi connectivity index (χ3n) is 6.27. The van der Waals surface area contributed by atoms with Gasteiger partial charge in [0, 0.05) is 57.2 Å². The summed E-state index contributed by atoms with van der Waals surface area (Å²) in [4.78, 5) is 37.7. The fourth-order valence-corrected chi connectivity index (χ4v) is 4.65. The van der Waals surface area contributed by atoms with Gasteiger partial charge in [0.05, 0.1) is 22.3 Å². The van der Waals surface area contributed by atoms with Gasteiger partial charge in [-0.15, -0.1) is 0 Å². The number of halogens is 2. The summed E-state index contributed by atoms with van der Waals surface area (Å²) < 4.78 is 0. The molecule has 1 fully saturated rings. The molecule has 2 aliphatic heterocycles. The monoisotopic (exact) mass is 499 g/mol. The lowest BCUT2D eigenvalue weighted by Gasteiger charge is -2.31. The lowest BCUT2D eigenvalue weighted by molar-refractivity contribution is -0.129. The molecule has 0 bridgehead atoms. The average molecular weight is 500 g/mol. The van der Waals surface area contributed by atoms with E-state index in [4.69, 9.17) is 23.2 Å². The molecule has 0 radical (unpaired) electrons. The summed E-state index contributed by atoms with van der Waals surface area (Å²) in [5.41, 5.74) is 3.68. The maximum Gasteiger partial charge on any atom is 0.251 e. The van der Waals surface area contributed by atoms with E-state index >= 15 is 0 Å². The molecule has 0 aliphatic carbocycles. The fraction of sp³-hybridized carbons (Fsp3) is 0.360. The maximum atomic E-state index is 12.7. The lowest BCUT2D eigenvalue weighted by Crippen LogP contribution is -2.43. The van der Waals surface area contributed by atoms with E-state index in [9.17, 15) is 9.59 Å². The molecule has 1 atom stereocenters. The van der Waals surface area contributed by atoms with E-state index in [1.54, 1.807) is 25.4 Å². The standard InChI is InChI=1S/C25H27Cl2N5O2/c1-28-14-20-4-2-19(13-29-20)17-6-9-31(10-7-17)21-8-11-32(16-21)24(33)15-30-25(34)18-3-5-22(26)23(27)12-18/h2-6,12-14,21H,7-11,15-16H2,1H3,(H,30,34). The molecule has 1 aromatic carbocycles. The van der Waals surface area contributed by atoms with E-state index in [0.29, 0.717) is 34.7 Å². The number of aromatic nitrogens is 1. The number of nitrogens with one attached hydrogen (secondary N) is 1. The molecule has 34 heavy (non-hydrogen) atoms. The molecule has 9 heteroatoms. The summed E-state index contributed by atoms with van der Waals surface area (Å²) in [5.74, 6) is -0.424. The summed E-state index contributed by atoms with van der Waals surface area (Å²) >= 11 is 11.9. The van der Waals surface area contributed by atoms with Crippen LogP contribution in [0.5, 0.6) is 0 Å². The van der Waals surface area contributed by atoms with Crippen LogP contribution in [0.25, 0.3) is 5.57 Å². The van der Waals surface area contributed by atoms with Gasteiger partial charge in [-0.1, -0.05) is 35.3 Å². The largest absolute Gasteiger partial charge is 0.343 e. The van der Waals surface area contributed by atoms with Gasteiger partial charge < -0.3 is 10.2 Å². The van der Waals surface area contributed by atoms with Crippen LogP contribution in [0, 0.1) is 0 Å². The van der Waals surface area contributed by atoms with Gasteiger partial charge in [-0.25, -0.2) is 0 Å². The second-order valence-corrected chi connectivity index (χ2v) is 9.24. The second kappa shape index (κ2) is 11.1. The Morgan fingerprint density at radius 1 is 1.21 bits per heavy atom. The van der Waals surface area contributed by atoms with Crippen molar-refractivity contribution < 1.29 is 9.59 Å². The Labute approximate surface area is 209 Å². The quantitative estimate of drug-likeness (QED) is 0.616. The van der Waals surface area contributed by atoms with Crippen molar-refractivity contribution in [2.24, 2.45) is 4.99 Å². The van der Waals surface area contributed by atoms with Crippen molar-refractivity contribution in [1.29, 1.82) is 0 Å². The highest BCUT2D eigenvalue weighted by Crippen LogP contribution is 2.26. The maximum absolute atomic E-state index is 12.7. The number of hydrogen-bond donors (Lipinski definition) is 1. The van der Waals surface area contributed by atoms with Crippen molar-refractivity contribution in [2.75, 3.05) is 39.8 Å². The predicted octanol–water partition coefficient (Wildman–Crippen LogP) is 3.56. The van der Waals surface area contributed by atoms with Gasteiger partial charge in [0.1, 0.15) is 0 Å². The summed E-state index contributed by atoms with van der Waals surface area (Å²) in [6, 6.07) is 9.05. The molecule has 1 aromatic heterocycles. The van der Waals surface area contributed by atoms with Gasteiger partial charge in [-0.2, -0.15) is 0 Å². The Balaban J connectivity index is 1.26. The Morgan fingerprint density at radius 3 is 2.74 bits per heavy atom. The first-order valence-electron chi connectivity index (χ1n) is 11.3. The number of rotatable bonds is 6. The van der Waals surface area contributed by atoms with Gasteiger partial charge in [0.15, 0.2) is 0 Å². The number of carbonyl (C=O) groups is 2. The highest BCUT2D eigenvalue weighted by Gasteiger charge is 2.31. The van der Waals surface area contributed by atoms with Crippen molar-refractivity contribution in [3.63, 3.8) is 0 Å². The van der Waals surface area contributed by atoms with E-state index < -0.39 is 0 Å². The molecule has 2 amide bonds. The topological polar surface area (TPSA) is 77.9 Å². The van der Waals surface area contributed by atoms with Crippen LogP contribution in [-0.2, 0) is 4.79 Å². The highest BCUT2D eigenvalue weighted by atomic mass is 35.5. The summed E-state index contributed by atoms with van der Waals surface area (Å²) in [6.45, 7) is 3.14. The summed E-state index contributed by atoms with van der Waals surface area (Å²) in [6.07, 6.45) is 7.79. The number of benzene rings is 1. The van der Waals surface area contributed by atoms with E-state index in [0.717, 1.165) is 37.2 Å². The van der Waals surface area contributed by atoms with Crippen LogP contribution in [0.2, 0.25) is 10.0 Å². The van der Waals surface area contributed by atoms with Crippen LogP contribution < -0.4 is 5.32 Å². The summed E-state index contributed by atoms with van der Waals surface area (Å²) in [7, 11) is 1.74. The van der Waals surface area contributed by atoms with Crippen molar-refractivity contribution in [3.05, 3.63) is 69.5 Å². The molecule has 178 valence electrons. The molecule has 1 N–H and O–H groups in total. The van der Waals surface area contributed by atoms with E-state index in [-0.39, 0.29) is 18.4 Å². The van der Waals surface area contributed by atoms with Crippen LogP contribution in [-0.4, -0.2) is 78.6 Å². The SMILES string of the molecule is CN=Cc1ccc(C2=CCN(C3CCN(C(=O)CNC(=O)c4ccc(Cl)c(Cl)c4)C3)CC2)cn1. The molecular weight excluding hydrogens is 473 g/mol. The fourth-order valence-electron chi connectivity index (χ4n) is 4.36. The smallest absolute Gasteiger partial charge is 0.251 e. The number of amides is 2. The zero-order chi connectivity index (χ0) is 24.1. The third-order valence-corrected chi connectivity index (χ3v) is 7.01. The minimum Gasteiger partial charge on any atom is -0.343 e. The van der Waals surface area contributed by atoms with E-state index in [2.05, 4.69) is 32.3 Å². The zero-order valence-corrected chi connectivity index (χ0v) is 20.5. The van der Waals surface area contributed by atoms with Crippen LogP contribution in [0.1, 0.15) is 34.5 Å². The number of pyridine rings is 1. The number of hydrogen-bond acceptors (Lipinski definition) is 5.